The third-order valence-corrected chi connectivity index (χ3v) is 8.40. The van der Waals surface area contributed by atoms with E-state index in [1.54, 1.807) is 37.3 Å². The van der Waals surface area contributed by atoms with E-state index in [-0.39, 0.29) is 23.0 Å². The Morgan fingerprint density at radius 3 is 2.10 bits per heavy atom. The van der Waals surface area contributed by atoms with Crippen LogP contribution in [0, 0.1) is 6.92 Å². The second kappa shape index (κ2) is 12.7. The van der Waals surface area contributed by atoms with Crippen LogP contribution in [0.5, 0.6) is 0 Å². The van der Waals surface area contributed by atoms with E-state index >= 15 is 0 Å². The summed E-state index contributed by atoms with van der Waals surface area (Å²) in [4.78, 5) is 28.5. The van der Waals surface area contributed by atoms with Crippen LogP contribution in [0.25, 0.3) is 0 Å². The third-order valence-electron chi connectivity index (χ3n) is 6.20. The summed E-state index contributed by atoms with van der Waals surface area (Å²) in [6.07, 6.45) is 0.502. The highest BCUT2D eigenvalue weighted by atomic mass is 35.5. The maximum atomic E-state index is 13.9. The van der Waals surface area contributed by atoms with Gasteiger partial charge in [-0.1, -0.05) is 66.2 Å². The van der Waals surface area contributed by atoms with Gasteiger partial charge in [-0.2, -0.15) is 0 Å². The first kappa shape index (κ1) is 30.2. The average molecular weight is 570 g/mol. The van der Waals surface area contributed by atoms with E-state index in [0.29, 0.717) is 11.4 Å². The van der Waals surface area contributed by atoms with Gasteiger partial charge in [-0.15, -0.1) is 0 Å². The molecule has 0 aromatic heterocycles. The molecule has 9 heteroatoms. The minimum atomic E-state index is -4.13. The molecular weight excluding hydrogens is 534 g/mol. The van der Waals surface area contributed by atoms with Gasteiger partial charge in [-0.05, 0) is 76.4 Å². The molecule has 3 rings (SSSR count). The molecule has 1 unspecified atom stereocenters. The SMILES string of the molecule is Cc1ccc(N(CC(=O)N(CCc2ccccc2)C(C)C(=O)NC(C)(C)C)S(=O)(=O)c2ccccc2)cc1Cl. The summed E-state index contributed by atoms with van der Waals surface area (Å²) in [7, 11) is -4.13. The first-order valence-electron chi connectivity index (χ1n) is 12.8. The van der Waals surface area contributed by atoms with Crippen molar-refractivity contribution in [1.29, 1.82) is 0 Å². The van der Waals surface area contributed by atoms with Crippen LogP contribution >= 0.6 is 11.6 Å². The van der Waals surface area contributed by atoms with E-state index in [2.05, 4.69) is 5.32 Å². The van der Waals surface area contributed by atoms with Crippen LogP contribution in [-0.4, -0.2) is 49.8 Å². The van der Waals surface area contributed by atoms with Gasteiger partial charge in [0, 0.05) is 17.1 Å². The summed E-state index contributed by atoms with van der Waals surface area (Å²) >= 11 is 6.35. The number of carbonyl (C=O) groups is 2. The monoisotopic (exact) mass is 569 g/mol. The van der Waals surface area contributed by atoms with Gasteiger partial charge >= 0.3 is 0 Å². The first-order valence-corrected chi connectivity index (χ1v) is 14.6. The molecule has 3 aromatic carbocycles. The molecule has 0 bridgehead atoms. The summed E-state index contributed by atoms with van der Waals surface area (Å²) in [5.74, 6) is -0.821. The zero-order valence-corrected chi connectivity index (χ0v) is 24.6. The summed E-state index contributed by atoms with van der Waals surface area (Å²) in [6.45, 7) is 8.79. The van der Waals surface area contributed by atoms with Crippen molar-refractivity contribution in [1.82, 2.24) is 10.2 Å². The van der Waals surface area contributed by atoms with Crippen molar-refractivity contribution in [3.05, 3.63) is 95.0 Å². The van der Waals surface area contributed by atoms with E-state index in [1.807, 2.05) is 58.0 Å². The van der Waals surface area contributed by atoms with E-state index in [9.17, 15) is 18.0 Å². The molecule has 0 fully saturated rings. The fraction of sp³-hybridized carbons (Fsp3) is 0.333. The van der Waals surface area contributed by atoms with Crippen molar-refractivity contribution >= 4 is 39.1 Å². The molecule has 0 saturated carbocycles. The first-order chi connectivity index (χ1) is 18.3. The molecule has 0 aliphatic carbocycles. The zero-order valence-electron chi connectivity index (χ0n) is 23.0. The minimum absolute atomic E-state index is 0.0452. The summed E-state index contributed by atoms with van der Waals surface area (Å²) in [6, 6.07) is 21.6. The largest absolute Gasteiger partial charge is 0.350 e. The van der Waals surface area contributed by atoms with Crippen LogP contribution < -0.4 is 9.62 Å². The quantitative estimate of drug-likeness (QED) is 0.363. The number of aryl methyl sites for hydroxylation is 1. The number of hydrogen-bond acceptors (Lipinski definition) is 4. The Bertz CT molecular complexity index is 1390. The van der Waals surface area contributed by atoms with Crippen molar-refractivity contribution in [3.63, 3.8) is 0 Å². The molecule has 1 N–H and O–H groups in total. The summed E-state index contributed by atoms with van der Waals surface area (Å²) in [5, 5.41) is 3.31. The number of amides is 2. The standard InChI is InChI=1S/C30H36ClN3O4S/c1-22-16-17-25(20-27(22)31)34(39(37,38)26-14-10-7-11-15-26)21-28(35)33(19-18-24-12-8-6-9-13-24)23(2)29(36)32-30(3,4)5/h6-17,20,23H,18-19,21H2,1-5H3,(H,32,36). The van der Waals surface area contributed by atoms with Crippen LogP contribution in [-0.2, 0) is 26.0 Å². The molecule has 0 saturated heterocycles. The number of hydrogen-bond donors (Lipinski definition) is 1. The highest BCUT2D eigenvalue weighted by molar-refractivity contribution is 7.92. The highest BCUT2D eigenvalue weighted by Gasteiger charge is 2.33. The molecule has 0 radical (unpaired) electrons. The van der Waals surface area contributed by atoms with E-state index in [1.165, 1.54) is 23.1 Å². The average Bonchev–Trinajstić information content (AvgIpc) is 2.89. The Kier molecular flexibility index (Phi) is 9.80. The lowest BCUT2D eigenvalue weighted by Gasteiger charge is -2.33. The summed E-state index contributed by atoms with van der Waals surface area (Å²) in [5.41, 5.74) is 1.54. The molecule has 0 heterocycles. The minimum Gasteiger partial charge on any atom is -0.350 e. The number of halogens is 1. The number of benzene rings is 3. The Morgan fingerprint density at radius 1 is 0.949 bits per heavy atom. The number of carbonyl (C=O) groups excluding carboxylic acids is 2. The molecular formula is C30H36ClN3O4S. The van der Waals surface area contributed by atoms with Gasteiger partial charge in [0.05, 0.1) is 10.6 Å². The Morgan fingerprint density at radius 2 is 1.54 bits per heavy atom. The fourth-order valence-electron chi connectivity index (χ4n) is 4.03. The van der Waals surface area contributed by atoms with Gasteiger partial charge in [0.15, 0.2) is 0 Å². The topological polar surface area (TPSA) is 86.8 Å². The second-order valence-corrected chi connectivity index (χ2v) is 12.8. The molecule has 2 amide bonds. The zero-order chi connectivity index (χ0) is 28.8. The lowest BCUT2D eigenvalue weighted by atomic mass is 10.1. The van der Waals surface area contributed by atoms with Crippen LogP contribution in [0.2, 0.25) is 5.02 Å². The van der Waals surface area contributed by atoms with Crippen molar-refractivity contribution in [3.8, 4) is 0 Å². The van der Waals surface area contributed by atoms with Gasteiger partial charge in [0.1, 0.15) is 12.6 Å². The molecule has 0 aliphatic heterocycles. The molecule has 3 aromatic rings. The van der Waals surface area contributed by atoms with Crippen molar-refractivity contribution in [2.45, 2.75) is 57.5 Å². The molecule has 208 valence electrons. The van der Waals surface area contributed by atoms with Crippen LogP contribution in [0.1, 0.15) is 38.8 Å². The Labute approximate surface area is 236 Å². The maximum absolute atomic E-state index is 13.9. The van der Waals surface area contributed by atoms with Crippen LogP contribution in [0.15, 0.2) is 83.8 Å². The van der Waals surface area contributed by atoms with Crippen molar-refractivity contribution in [2.24, 2.45) is 0 Å². The normalized spacial score (nSPS) is 12.5. The number of nitrogens with one attached hydrogen (secondary N) is 1. The van der Waals surface area contributed by atoms with E-state index in [4.69, 9.17) is 11.6 Å². The predicted molar refractivity (Wildman–Crippen MR) is 156 cm³/mol. The predicted octanol–water partition coefficient (Wildman–Crippen LogP) is 5.22. The maximum Gasteiger partial charge on any atom is 0.264 e. The van der Waals surface area contributed by atoms with E-state index in [0.717, 1.165) is 15.4 Å². The summed E-state index contributed by atoms with van der Waals surface area (Å²) < 4.78 is 28.6. The second-order valence-electron chi connectivity index (χ2n) is 10.5. The van der Waals surface area contributed by atoms with Crippen LogP contribution in [0.4, 0.5) is 5.69 Å². The molecule has 39 heavy (non-hydrogen) atoms. The van der Waals surface area contributed by atoms with Crippen molar-refractivity contribution in [2.75, 3.05) is 17.4 Å². The molecule has 0 spiro atoms. The smallest absolute Gasteiger partial charge is 0.264 e. The highest BCUT2D eigenvalue weighted by Crippen LogP contribution is 2.28. The molecule has 7 nitrogen and oxygen atoms in total. The number of sulfonamides is 1. The molecule has 1 atom stereocenters. The van der Waals surface area contributed by atoms with Crippen LogP contribution in [0.3, 0.4) is 0 Å². The number of rotatable bonds is 10. The third kappa shape index (κ3) is 8.07. The Balaban J connectivity index is 2.00. The lowest BCUT2D eigenvalue weighted by molar-refractivity contribution is -0.139. The number of nitrogens with zero attached hydrogens (tertiary/aromatic N) is 2. The van der Waals surface area contributed by atoms with Crippen molar-refractivity contribution < 1.29 is 18.0 Å². The van der Waals surface area contributed by atoms with Gasteiger partial charge in [-0.25, -0.2) is 8.42 Å². The van der Waals surface area contributed by atoms with Gasteiger partial charge < -0.3 is 10.2 Å². The van der Waals surface area contributed by atoms with Gasteiger partial charge in [0.25, 0.3) is 10.0 Å². The molecule has 0 aliphatic rings. The van der Waals surface area contributed by atoms with E-state index < -0.39 is 34.1 Å². The lowest BCUT2D eigenvalue weighted by Crippen LogP contribution is -2.55. The fourth-order valence-corrected chi connectivity index (χ4v) is 5.63. The number of anilines is 1. The van der Waals surface area contributed by atoms with Gasteiger partial charge in [0.2, 0.25) is 11.8 Å². The Hall–Kier alpha value is -3.36. The van der Waals surface area contributed by atoms with Gasteiger partial charge in [-0.3, -0.25) is 13.9 Å².